The highest BCUT2D eigenvalue weighted by Gasteiger charge is 2.23. The highest BCUT2D eigenvalue weighted by atomic mass is 15.1. The molecule has 0 saturated carbocycles. The molecule has 20 heavy (non-hydrogen) atoms. The lowest BCUT2D eigenvalue weighted by molar-refractivity contribution is 0.304. The zero-order valence-corrected chi connectivity index (χ0v) is 13.1. The van der Waals surface area contributed by atoms with E-state index in [0.717, 1.165) is 24.2 Å². The van der Waals surface area contributed by atoms with Crippen molar-refractivity contribution in [2.45, 2.75) is 47.1 Å². The molecule has 0 fully saturated rings. The first-order valence-corrected chi connectivity index (χ1v) is 7.85. The molecular formula is C18H26N2. The summed E-state index contributed by atoms with van der Waals surface area (Å²) in [5.74, 6) is 2.72. The van der Waals surface area contributed by atoms with Crippen LogP contribution in [-0.2, 0) is 13.0 Å². The first-order valence-electron chi connectivity index (χ1n) is 7.85. The van der Waals surface area contributed by atoms with Crippen molar-refractivity contribution in [2.24, 2.45) is 11.8 Å². The molecule has 0 N–H and O–H groups in total. The van der Waals surface area contributed by atoms with E-state index >= 15 is 0 Å². The van der Waals surface area contributed by atoms with E-state index in [2.05, 4.69) is 59.9 Å². The van der Waals surface area contributed by atoms with Crippen LogP contribution in [0, 0.1) is 11.8 Å². The molecule has 1 aromatic carbocycles. The number of fused-ring (bicyclic) bond motifs is 1. The van der Waals surface area contributed by atoms with Crippen molar-refractivity contribution in [3.8, 4) is 11.4 Å². The number of imidazole rings is 1. The fourth-order valence-electron chi connectivity index (χ4n) is 2.88. The van der Waals surface area contributed by atoms with Gasteiger partial charge in [0.1, 0.15) is 5.82 Å². The van der Waals surface area contributed by atoms with Crippen LogP contribution in [0.1, 0.15) is 39.8 Å². The van der Waals surface area contributed by atoms with Crippen molar-refractivity contribution in [3.63, 3.8) is 0 Å². The first kappa shape index (κ1) is 14.8. The predicted molar refractivity (Wildman–Crippen MR) is 85.7 cm³/mol. The molecule has 0 radical (unpaired) electrons. The van der Waals surface area contributed by atoms with Crippen LogP contribution >= 0.6 is 0 Å². The number of hydrogen-bond acceptors (Lipinski definition) is 1. The van der Waals surface area contributed by atoms with Gasteiger partial charge in [-0.05, 0) is 24.7 Å². The molecule has 0 bridgehead atoms. The summed E-state index contributed by atoms with van der Waals surface area (Å²) in [4.78, 5) is 4.62. The summed E-state index contributed by atoms with van der Waals surface area (Å²) in [6, 6.07) is 10.5. The second-order valence-corrected chi connectivity index (χ2v) is 5.59. The number of benzene rings is 1. The molecule has 2 heterocycles. The minimum atomic E-state index is 0.772. The second-order valence-electron chi connectivity index (χ2n) is 5.59. The molecule has 1 aliphatic heterocycles. The monoisotopic (exact) mass is 270 g/mol. The molecule has 1 aliphatic rings. The Hall–Kier alpha value is -1.57. The van der Waals surface area contributed by atoms with Crippen LogP contribution < -0.4 is 0 Å². The molecule has 1 atom stereocenters. The topological polar surface area (TPSA) is 17.8 Å². The van der Waals surface area contributed by atoms with Gasteiger partial charge in [0.15, 0.2) is 0 Å². The van der Waals surface area contributed by atoms with Gasteiger partial charge in [0.25, 0.3) is 0 Å². The average Bonchev–Trinajstić information content (AvgIpc) is 2.93. The molecule has 1 unspecified atom stereocenters. The molecule has 2 aromatic rings. The largest absolute Gasteiger partial charge is 0.328 e. The van der Waals surface area contributed by atoms with Crippen molar-refractivity contribution in [1.82, 2.24) is 9.55 Å². The molecule has 2 nitrogen and oxygen atoms in total. The summed E-state index contributed by atoms with van der Waals surface area (Å²) in [5, 5.41) is 0. The molecule has 2 heteroatoms. The lowest BCUT2D eigenvalue weighted by Gasteiger charge is -2.27. The van der Waals surface area contributed by atoms with E-state index in [1.54, 1.807) is 0 Å². The minimum absolute atomic E-state index is 0.772. The summed E-state index contributed by atoms with van der Waals surface area (Å²) in [6.07, 6.45) is 4.52. The molecule has 0 spiro atoms. The van der Waals surface area contributed by atoms with Crippen LogP contribution in [0.5, 0.6) is 0 Å². The fourth-order valence-corrected chi connectivity index (χ4v) is 2.88. The van der Waals surface area contributed by atoms with Crippen molar-refractivity contribution < 1.29 is 0 Å². The van der Waals surface area contributed by atoms with Gasteiger partial charge in [-0.1, -0.05) is 58.0 Å². The van der Waals surface area contributed by atoms with Gasteiger partial charge in [-0.15, -0.1) is 0 Å². The van der Waals surface area contributed by atoms with Crippen LogP contribution in [0.25, 0.3) is 11.4 Å². The van der Waals surface area contributed by atoms with Gasteiger partial charge in [0.2, 0.25) is 0 Å². The second kappa shape index (κ2) is 6.74. The third kappa shape index (κ3) is 2.95. The Morgan fingerprint density at radius 3 is 2.50 bits per heavy atom. The van der Waals surface area contributed by atoms with Gasteiger partial charge < -0.3 is 4.57 Å². The third-order valence-corrected chi connectivity index (χ3v) is 4.11. The molecular weight excluding hydrogens is 244 g/mol. The number of aromatic nitrogens is 2. The van der Waals surface area contributed by atoms with Crippen molar-refractivity contribution in [3.05, 3.63) is 42.2 Å². The van der Waals surface area contributed by atoms with E-state index in [4.69, 9.17) is 0 Å². The summed E-state index contributed by atoms with van der Waals surface area (Å²) in [7, 11) is 0. The third-order valence-electron chi connectivity index (χ3n) is 4.11. The molecule has 0 aliphatic carbocycles. The van der Waals surface area contributed by atoms with Crippen molar-refractivity contribution in [1.29, 1.82) is 0 Å². The predicted octanol–water partition coefficient (Wildman–Crippen LogP) is 4.79. The summed E-state index contributed by atoms with van der Waals surface area (Å²) in [6.45, 7) is 9.77. The van der Waals surface area contributed by atoms with Gasteiger partial charge in [0, 0.05) is 24.0 Å². The quantitative estimate of drug-likeness (QED) is 0.767. The van der Waals surface area contributed by atoms with E-state index in [1.807, 2.05) is 13.8 Å². The van der Waals surface area contributed by atoms with Crippen molar-refractivity contribution in [2.75, 3.05) is 0 Å². The Balaban J connectivity index is 0.000000704. The number of nitrogens with zero attached hydrogens (tertiary/aromatic N) is 2. The Bertz CT molecular complexity index is 526. The van der Waals surface area contributed by atoms with E-state index in [1.165, 1.54) is 24.1 Å². The highest BCUT2D eigenvalue weighted by Crippen LogP contribution is 2.30. The molecule has 108 valence electrons. The Labute approximate surface area is 122 Å². The summed E-state index contributed by atoms with van der Waals surface area (Å²) >= 11 is 0. The van der Waals surface area contributed by atoms with E-state index in [9.17, 15) is 0 Å². The SMILES string of the molecule is CC.CC(C)C1CCn2c(cnc2-c2ccccc2)C1. The molecule has 3 rings (SSSR count). The van der Waals surface area contributed by atoms with Crippen LogP contribution in [0.3, 0.4) is 0 Å². The van der Waals surface area contributed by atoms with Crippen LogP contribution in [0.15, 0.2) is 36.5 Å². The Morgan fingerprint density at radius 2 is 1.85 bits per heavy atom. The zero-order chi connectivity index (χ0) is 14.5. The Kier molecular flexibility index (Phi) is 4.99. The van der Waals surface area contributed by atoms with E-state index in [0.29, 0.717) is 0 Å². The maximum atomic E-state index is 4.62. The standard InChI is InChI=1S/C16H20N2.C2H6/c1-12(2)14-8-9-18-15(10-14)11-17-16(18)13-6-4-3-5-7-13;1-2/h3-7,11-12,14H,8-10H2,1-2H3;1-2H3. The van der Waals surface area contributed by atoms with E-state index in [-0.39, 0.29) is 0 Å². The maximum absolute atomic E-state index is 4.62. The smallest absolute Gasteiger partial charge is 0.140 e. The van der Waals surface area contributed by atoms with Gasteiger partial charge in [-0.25, -0.2) is 4.98 Å². The Morgan fingerprint density at radius 1 is 1.15 bits per heavy atom. The van der Waals surface area contributed by atoms with Crippen LogP contribution in [0.4, 0.5) is 0 Å². The lowest BCUT2D eigenvalue weighted by Crippen LogP contribution is -2.23. The van der Waals surface area contributed by atoms with Gasteiger partial charge >= 0.3 is 0 Å². The highest BCUT2D eigenvalue weighted by molar-refractivity contribution is 5.56. The number of rotatable bonds is 2. The molecule has 0 saturated heterocycles. The summed E-state index contributed by atoms with van der Waals surface area (Å²) < 4.78 is 2.40. The van der Waals surface area contributed by atoms with Gasteiger partial charge in [-0.3, -0.25) is 0 Å². The van der Waals surface area contributed by atoms with Gasteiger partial charge in [0.05, 0.1) is 0 Å². The summed E-state index contributed by atoms with van der Waals surface area (Å²) in [5.41, 5.74) is 2.63. The average molecular weight is 270 g/mol. The minimum Gasteiger partial charge on any atom is -0.328 e. The molecule has 0 amide bonds. The van der Waals surface area contributed by atoms with Gasteiger partial charge in [-0.2, -0.15) is 0 Å². The fraction of sp³-hybridized carbons (Fsp3) is 0.500. The van der Waals surface area contributed by atoms with Crippen LogP contribution in [0.2, 0.25) is 0 Å². The van der Waals surface area contributed by atoms with Crippen LogP contribution in [-0.4, -0.2) is 9.55 Å². The first-order chi connectivity index (χ1) is 9.75. The van der Waals surface area contributed by atoms with Crippen molar-refractivity contribution >= 4 is 0 Å². The number of hydrogen-bond donors (Lipinski definition) is 0. The maximum Gasteiger partial charge on any atom is 0.140 e. The zero-order valence-electron chi connectivity index (χ0n) is 13.1. The molecule has 1 aromatic heterocycles. The lowest BCUT2D eigenvalue weighted by atomic mass is 9.86. The normalized spacial score (nSPS) is 17.4. The van der Waals surface area contributed by atoms with E-state index < -0.39 is 0 Å².